The van der Waals surface area contributed by atoms with E-state index in [4.69, 9.17) is 0 Å². The number of rotatable bonds is 2. The Morgan fingerprint density at radius 1 is 1.38 bits per heavy atom. The van der Waals surface area contributed by atoms with Crippen molar-refractivity contribution < 1.29 is 0 Å². The van der Waals surface area contributed by atoms with Crippen LogP contribution in [0.5, 0.6) is 0 Å². The van der Waals surface area contributed by atoms with Crippen molar-refractivity contribution in [3.05, 3.63) is 36.5 Å². The molecule has 13 heavy (non-hydrogen) atoms. The molecule has 0 unspecified atom stereocenters. The lowest BCUT2D eigenvalue weighted by Crippen LogP contribution is -1.98. The van der Waals surface area contributed by atoms with Crippen LogP contribution in [0.25, 0.3) is 5.82 Å². The lowest BCUT2D eigenvalue weighted by atomic mass is 10.4. The summed E-state index contributed by atoms with van der Waals surface area (Å²) in [5.74, 6) is 0.801. The van der Waals surface area contributed by atoms with Crippen molar-refractivity contribution in [3.8, 4) is 5.82 Å². The second-order valence-corrected chi connectivity index (χ2v) is 2.67. The molecule has 0 saturated heterocycles. The van der Waals surface area contributed by atoms with Crippen molar-refractivity contribution >= 4 is 0 Å². The van der Waals surface area contributed by atoms with Gasteiger partial charge < -0.3 is 0 Å². The molecule has 0 aliphatic rings. The van der Waals surface area contributed by atoms with Crippen LogP contribution in [0, 0.1) is 0 Å². The Labute approximate surface area is 76.3 Å². The van der Waals surface area contributed by atoms with E-state index in [1.54, 1.807) is 10.9 Å². The van der Waals surface area contributed by atoms with Gasteiger partial charge in [0.15, 0.2) is 5.82 Å². The van der Waals surface area contributed by atoms with Crippen molar-refractivity contribution in [3.63, 3.8) is 0 Å². The van der Waals surface area contributed by atoms with E-state index >= 15 is 0 Å². The Bertz CT molecular complexity index is 380. The molecule has 0 spiro atoms. The lowest BCUT2D eigenvalue weighted by Gasteiger charge is -1.97. The Kier molecular flexibility index (Phi) is 2.04. The zero-order chi connectivity index (χ0) is 9.10. The zero-order valence-electron chi connectivity index (χ0n) is 7.38. The van der Waals surface area contributed by atoms with E-state index in [0.717, 1.165) is 17.9 Å². The van der Waals surface area contributed by atoms with Crippen LogP contribution in [-0.2, 0) is 6.42 Å². The van der Waals surface area contributed by atoms with Gasteiger partial charge >= 0.3 is 0 Å². The van der Waals surface area contributed by atoms with Crippen LogP contribution < -0.4 is 0 Å². The van der Waals surface area contributed by atoms with Gasteiger partial charge in [0, 0.05) is 18.5 Å². The molecule has 2 heterocycles. The summed E-state index contributed by atoms with van der Waals surface area (Å²) in [4.78, 5) is 7.93. The van der Waals surface area contributed by atoms with E-state index in [1.807, 2.05) is 18.3 Å². The molecule has 2 aromatic rings. The molecule has 0 N–H and O–H groups in total. The Balaban J connectivity index is 2.36. The van der Waals surface area contributed by atoms with Crippen LogP contribution >= 0.6 is 0 Å². The van der Waals surface area contributed by atoms with Crippen LogP contribution in [0.15, 0.2) is 30.9 Å². The molecule has 66 valence electrons. The number of hydrogen-bond donors (Lipinski definition) is 0. The fourth-order valence-corrected chi connectivity index (χ4v) is 1.10. The number of aryl methyl sites for hydroxylation is 1. The molecule has 0 atom stereocenters. The van der Waals surface area contributed by atoms with Crippen molar-refractivity contribution in [2.45, 2.75) is 13.3 Å². The zero-order valence-corrected chi connectivity index (χ0v) is 7.38. The summed E-state index contributed by atoms with van der Waals surface area (Å²) in [6.07, 6.45) is 6.07. The van der Waals surface area contributed by atoms with E-state index in [9.17, 15) is 0 Å². The Morgan fingerprint density at radius 3 is 2.92 bits per heavy atom. The molecule has 0 saturated carbocycles. The van der Waals surface area contributed by atoms with Crippen LogP contribution in [0.3, 0.4) is 0 Å². The Morgan fingerprint density at radius 2 is 2.31 bits per heavy atom. The van der Waals surface area contributed by atoms with Crippen molar-refractivity contribution in [1.82, 2.24) is 19.7 Å². The van der Waals surface area contributed by atoms with Gasteiger partial charge in [-0.25, -0.2) is 14.6 Å². The molecule has 0 radical (unpaired) electrons. The van der Waals surface area contributed by atoms with E-state index < -0.39 is 0 Å². The van der Waals surface area contributed by atoms with Crippen LogP contribution in [0.4, 0.5) is 0 Å². The standard InChI is InChI=1S/C9H10N4/c1-2-8-4-6-13(12-8)9-3-5-10-7-11-9/h3-7H,2H2,1H3. The summed E-state index contributed by atoms with van der Waals surface area (Å²) in [6, 6.07) is 3.81. The minimum Gasteiger partial charge on any atom is -0.245 e. The molecule has 0 aromatic carbocycles. The highest BCUT2D eigenvalue weighted by Gasteiger charge is 1.98. The maximum Gasteiger partial charge on any atom is 0.156 e. The summed E-state index contributed by atoms with van der Waals surface area (Å²) >= 11 is 0. The third kappa shape index (κ3) is 1.56. The third-order valence-corrected chi connectivity index (χ3v) is 1.81. The predicted molar refractivity (Wildman–Crippen MR) is 48.5 cm³/mol. The normalized spacial score (nSPS) is 10.2. The van der Waals surface area contributed by atoms with Gasteiger partial charge in [-0.2, -0.15) is 5.10 Å². The lowest BCUT2D eigenvalue weighted by molar-refractivity contribution is 0.811. The first-order valence-corrected chi connectivity index (χ1v) is 4.21. The number of hydrogen-bond acceptors (Lipinski definition) is 3. The molecule has 4 heteroatoms. The first kappa shape index (κ1) is 7.91. The van der Waals surface area contributed by atoms with E-state index in [1.165, 1.54) is 6.33 Å². The summed E-state index contributed by atoms with van der Waals surface area (Å²) in [5.41, 5.74) is 1.07. The van der Waals surface area contributed by atoms with Gasteiger partial charge in [0.1, 0.15) is 6.33 Å². The van der Waals surface area contributed by atoms with E-state index in [-0.39, 0.29) is 0 Å². The fraction of sp³-hybridized carbons (Fsp3) is 0.222. The monoisotopic (exact) mass is 174 g/mol. The molecule has 0 aliphatic carbocycles. The van der Waals surface area contributed by atoms with E-state index in [0.29, 0.717) is 0 Å². The van der Waals surface area contributed by atoms with Gasteiger partial charge in [0.2, 0.25) is 0 Å². The summed E-state index contributed by atoms with van der Waals surface area (Å²) in [6.45, 7) is 2.08. The van der Waals surface area contributed by atoms with Gasteiger partial charge in [-0.05, 0) is 12.5 Å². The van der Waals surface area contributed by atoms with E-state index in [2.05, 4.69) is 22.0 Å². The highest BCUT2D eigenvalue weighted by Crippen LogP contribution is 2.02. The van der Waals surface area contributed by atoms with Gasteiger partial charge in [-0.1, -0.05) is 6.92 Å². The summed E-state index contributed by atoms with van der Waals surface area (Å²) < 4.78 is 1.75. The summed E-state index contributed by atoms with van der Waals surface area (Å²) in [7, 11) is 0. The molecule has 0 fully saturated rings. The smallest absolute Gasteiger partial charge is 0.156 e. The maximum absolute atomic E-state index is 4.33. The molecule has 0 aliphatic heterocycles. The van der Waals surface area contributed by atoms with Crippen molar-refractivity contribution in [2.24, 2.45) is 0 Å². The Hall–Kier alpha value is -1.71. The fourth-order valence-electron chi connectivity index (χ4n) is 1.10. The van der Waals surface area contributed by atoms with Crippen molar-refractivity contribution in [2.75, 3.05) is 0 Å². The molecule has 0 bridgehead atoms. The summed E-state index contributed by atoms with van der Waals surface area (Å²) in [5, 5.41) is 4.33. The molecule has 2 rings (SSSR count). The maximum atomic E-state index is 4.33. The molecule has 2 aromatic heterocycles. The van der Waals surface area contributed by atoms with Gasteiger partial charge in [-0.15, -0.1) is 0 Å². The van der Waals surface area contributed by atoms with Gasteiger partial charge in [-0.3, -0.25) is 0 Å². The molecular weight excluding hydrogens is 164 g/mol. The quantitative estimate of drug-likeness (QED) is 0.687. The van der Waals surface area contributed by atoms with Gasteiger partial charge in [0.25, 0.3) is 0 Å². The third-order valence-electron chi connectivity index (χ3n) is 1.81. The SMILES string of the molecule is CCc1ccn(-c2ccncn2)n1. The van der Waals surface area contributed by atoms with Crippen LogP contribution in [0.1, 0.15) is 12.6 Å². The average Bonchev–Trinajstić information content (AvgIpc) is 2.67. The first-order chi connectivity index (χ1) is 6.40. The van der Waals surface area contributed by atoms with Crippen LogP contribution in [-0.4, -0.2) is 19.7 Å². The topological polar surface area (TPSA) is 43.6 Å². The predicted octanol–water partition coefficient (Wildman–Crippen LogP) is 1.22. The van der Waals surface area contributed by atoms with Gasteiger partial charge in [0.05, 0.1) is 5.69 Å². The molecule has 0 amide bonds. The minimum atomic E-state index is 0.801. The highest BCUT2D eigenvalue weighted by molar-refractivity contribution is 5.18. The average molecular weight is 174 g/mol. The molecular formula is C9H10N4. The second-order valence-electron chi connectivity index (χ2n) is 2.67. The number of aromatic nitrogens is 4. The van der Waals surface area contributed by atoms with Crippen molar-refractivity contribution in [1.29, 1.82) is 0 Å². The first-order valence-electron chi connectivity index (χ1n) is 4.21. The second kappa shape index (κ2) is 3.35. The van der Waals surface area contributed by atoms with Crippen LogP contribution in [0.2, 0.25) is 0 Å². The minimum absolute atomic E-state index is 0.801. The highest BCUT2D eigenvalue weighted by atomic mass is 15.3. The number of nitrogens with zero attached hydrogens (tertiary/aromatic N) is 4. The largest absolute Gasteiger partial charge is 0.245 e. The molecule has 4 nitrogen and oxygen atoms in total.